The fourth-order valence-electron chi connectivity index (χ4n) is 2.63. The molecule has 3 aromatic rings. The van der Waals surface area contributed by atoms with E-state index in [0.717, 1.165) is 11.1 Å². The Labute approximate surface area is 156 Å². The second kappa shape index (κ2) is 8.45. The molecule has 5 heteroatoms. The summed E-state index contributed by atoms with van der Waals surface area (Å²) in [7, 11) is 0. The highest BCUT2D eigenvalue weighted by Gasteiger charge is 2.16. The maximum atomic E-state index is 11.2. The smallest absolute Gasteiger partial charge is 0.277 e. The van der Waals surface area contributed by atoms with E-state index in [1.807, 2.05) is 48.5 Å². The second-order valence-electron chi connectivity index (χ2n) is 5.79. The standard InChI is InChI=1S/C22H16N2O3/c23-15-19(21-11-4-5-12-22(21)24(25)26)13-18-9-6-10-20(14-18)27-16-17-7-2-1-3-8-17/h1-14H,16H2. The monoisotopic (exact) mass is 356 g/mol. The third-order valence-corrected chi connectivity index (χ3v) is 3.93. The highest BCUT2D eigenvalue weighted by molar-refractivity contribution is 5.92. The second-order valence-corrected chi connectivity index (χ2v) is 5.79. The van der Waals surface area contributed by atoms with Gasteiger partial charge in [0, 0.05) is 6.07 Å². The average Bonchev–Trinajstić information content (AvgIpc) is 2.71. The molecule has 0 fully saturated rings. The Morgan fingerprint density at radius 3 is 2.52 bits per heavy atom. The van der Waals surface area contributed by atoms with E-state index in [1.165, 1.54) is 6.07 Å². The van der Waals surface area contributed by atoms with Crippen LogP contribution in [0.5, 0.6) is 5.75 Å². The summed E-state index contributed by atoms with van der Waals surface area (Å²) in [5.41, 5.74) is 2.20. The van der Waals surface area contributed by atoms with Gasteiger partial charge >= 0.3 is 0 Å². The van der Waals surface area contributed by atoms with Crippen LogP contribution in [0.25, 0.3) is 11.6 Å². The van der Waals surface area contributed by atoms with E-state index in [2.05, 4.69) is 6.07 Å². The number of hydrogen-bond acceptors (Lipinski definition) is 4. The number of rotatable bonds is 6. The molecule has 5 nitrogen and oxygen atoms in total. The number of nitrogens with zero attached hydrogens (tertiary/aromatic N) is 2. The van der Waals surface area contributed by atoms with Crippen molar-refractivity contribution >= 4 is 17.3 Å². The lowest BCUT2D eigenvalue weighted by Gasteiger charge is -2.07. The van der Waals surface area contributed by atoms with E-state index in [-0.39, 0.29) is 11.3 Å². The van der Waals surface area contributed by atoms with Crippen molar-refractivity contribution in [3.8, 4) is 11.8 Å². The molecule has 132 valence electrons. The number of nitro groups is 1. The van der Waals surface area contributed by atoms with E-state index in [0.29, 0.717) is 17.9 Å². The molecule has 0 atom stereocenters. The lowest BCUT2D eigenvalue weighted by atomic mass is 10.0. The van der Waals surface area contributed by atoms with Crippen LogP contribution < -0.4 is 4.74 Å². The maximum Gasteiger partial charge on any atom is 0.277 e. The summed E-state index contributed by atoms with van der Waals surface area (Å²) in [6, 6.07) is 25.3. The molecule has 0 aliphatic rings. The average molecular weight is 356 g/mol. The van der Waals surface area contributed by atoms with Crippen molar-refractivity contribution in [3.63, 3.8) is 0 Å². The Bertz CT molecular complexity index is 1020. The maximum absolute atomic E-state index is 11.2. The summed E-state index contributed by atoms with van der Waals surface area (Å²) in [4.78, 5) is 10.7. The highest BCUT2D eigenvalue weighted by Crippen LogP contribution is 2.27. The zero-order chi connectivity index (χ0) is 19.1. The Morgan fingerprint density at radius 2 is 1.78 bits per heavy atom. The normalized spacial score (nSPS) is 10.9. The predicted octanol–water partition coefficient (Wildman–Crippen LogP) is 5.24. The first-order valence-electron chi connectivity index (χ1n) is 8.30. The zero-order valence-corrected chi connectivity index (χ0v) is 14.4. The fraction of sp³-hybridized carbons (Fsp3) is 0.0455. The first-order valence-corrected chi connectivity index (χ1v) is 8.30. The molecule has 0 aliphatic heterocycles. The van der Waals surface area contributed by atoms with Crippen LogP contribution in [0.2, 0.25) is 0 Å². The van der Waals surface area contributed by atoms with Gasteiger partial charge in [-0.2, -0.15) is 5.26 Å². The quantitative estimate of drug-likeness (QED) is 0.262. The molecule has 0 aromatic heterocycles. The van der Waals surface area contributed by atoms with Gasteiger partial charge in [0.05, 0.1) is 16.1 Å². The summed E-state index contributed by atoms with van der Waals surface area (Å²) in [6.45, 7) is 0.434. The van der Waals surface area contributed by atoms with Gasteiger partial charge in [0.1, 0.15) is 18.4 Å². The predicted molar refractivity (Wildman–Crippen MR) is 104 cm³/mol. The van der Waals surface area contributed by atoms with Crippen LogP contribution in [-0.2, 0) is 6.61 Å². The zero-order valence-electron chi connectivity index (χ0n) is 14.4. The van der Waals surface area contributed by atoms with Crippen LogP contribution >= 0.6 is 0 Å². The molecule has 0 saturated heterocycles. The molecule has 0 spiro atoms. The minimum atomic E-state index is -0.486. The Morgan fingerprint density at radius 1 is 1.04 bits per heavy atom. The number of benzene rings is 3. The molecular formula is C22H16N2O3. The van der Waals surface area contributed by atoms with Crippen LogP contribution in [0.3, 0.4) is 0 Å². The minimum Gasteiger partial charge on any atom is -0.489 e. The summed E-state index contributed by atoms with van der Waals surface area (Å²) < 4.78 is 5.80. The number of nitriles is 1. The van der Waals surface area contributed by atoms with Crippen molar-refractivity contribution < 1.29 is 9.66 Å². The van der Waals surface area contributed by atoms with Crippen LogP contribution in [0, 0.1) is 21.4 Å². The van der Waals surface area contributed by atoms with Gasteiger partial charge in [-0.15, -0.1) is 0 Å². The van der Waals surface area contributed by atoms with Gasteiger partial charge < -0.3 is 4.74 Å². The van der Waals surface area contributed by atoms with Crippen LogP contribution in [-0.4, -0.2) is 4.92 Å². The van der Waals surface area contributed by atoms with Crippen molar-refractivity contribution in [2.75, 3.05) is 0 Å². The van der Waals surface area contributed by atoms with E-state index >= 15 is 0 Å². The van der Waals surface area contributed by atoms with Gasteiger partial charge in [0.15, 0.2) is 0 Å². The molecular weight excluding hydrogens is 340 g/mol. The topological polar surface area (TPSA) is 76.2 Å². The SMILES string of the molecule is N#CC(=Cc1cccc(OCc2ccccc2)c1)c1ccccc1[N+](=O)[O-]. The number of allylic oxidation sites excluding steroid dienone is 1. The fourth-order valence-corrected chi connectivity index (χ4v) is 2.63. The number of para-hydroxylation sites is 1. The van der Waals surface area contributed by atoms with Crippen molar-refractivity contribution in [1.82, 2.24) is 0 Å². The van der Waals surface area contributed by atoms with Crippen molar-refractivity contribution in [2.24, 2.45) is 0 Å². The third kappa shape index (κ3) is 4.59. The first kappa shape index (κ1) is 17.9. The minimum absolute atomic E-state index is 0.0956. The third-order valence-electron chi connectivity index (χ3n) is 3.93. The number of ether oxygens (including phenoxy) is 1. The molecule has 0 N–H and O–H groups in total. The van der Waals surface area contributed by atoms with Crippen LogP contribution in [0.15, 0.2) is 78.9 Å². The summed E-state index contributed by atoms with van der Waals surface area (Å²) in [5.74, 6) is 0.660. The van der Waals surface area contributed by atoms with Gasteiger partial charge in [-0.1, -0.05) is 54.6 Å². The van der Waals surface area contributed by atoms with Gasteiger partial charge in [-0.05, 0) is 35.4 Å². The summed E-state index contributed by atoms with van der Waals surface area (Å²) >= 11 is 0. The molecule has 0 saturated carbocycles. The first-order chi connectivity index (χ1) is 13.2. The van der Waals surface area contributed by atoms with E-state index in [4.69, 9.17) is 4.74 Å². The molecule has 0 bridgehead atoms. The van der Waals surface area contributed by atoms with Crippen LogP contribution in [0.1, 0.15) is 16.7 Å². The Hall–Kier alpha value is -3.91. The summed E-state index contributed by atoms with van der Waals surface area (Å²) in [6.07, 6.45) is 1.62. The van der Waals surface area contributed by atoms with E-state index in [9.17, 15) is 15.4 Å². The van der Waals surface area contributed by atoms with E-state index in [1.54, 1.807) is 30.3 Å². The molecule has 3 rings (SSSR count). The van der Waals surface area contributed by atoms with Gasteiger partial charge in [0.25, 0.3) is 5.69 Å². The lowest BCUT2D eigenvalue weighted by molar-refractivity contribution is -0.385. The molecule has 3 aromatic carbocycles. The molecule has 27 heavy (non-hydrogen) atoms. The Kier molecular flexibility index (Phi) is 5.60. The van der Waals surface area contributed by atoms with Gasteiger partial charge in [-0.3, -0.25) is 10.1 Å². The molecule has 0 radical (unpaired) electrons. The highest BCUT2D eigenvalue weighted by atomic mass is 16.6. The van der Waals surface area contributed by atoms with Crippen molar-refractivity contribution in [1.29, 1.82) is 5.26 Å². The van der Waals surface area contributed by atoms with Crippen molar-refractivity contribution in [3.05, 3.63) is 106 Å². The van der Waals surface area contributed by atoms with Gasteiger partial charge in [0.2, 0.25) is 0 Å². The van der Waals surface area contributed by atoms with Crippen molar-refractivity contribution in [2.45, 2.75) is 6.61 Å². The van der Waals surface area contributed by atoms with Gasteiger partial charge in [-0.25, -0.2) is 0 Å². The lowest BCUT2D eigenvalue weighted by Crippen LogP contribution is -1.95. The summed E-state index contributed by atoms with van der Waals surface area (Å²) in [5, 5.41) is 20.7. The molecule has 0 aliphatic carbocycles. The molecule has 0 unspecified atom stereocenters. The molecule has 0 heterocycles. The molecule has 0 amide bonds. The van der Waals surface area contributed by atoms with Crippen LogP contribution in [0.4, 0.5) is 5.69 Å². The number of nitro benzene ring substituents is 1. The number of hydrogen-bond donors (Lipinski definition) is 0. The van der Waals surface area contributed by atoms with E-state index < -0.39 is 4.92 Å². The largest absolute Gasteiger partial charge is 0.489 e. The Balaban J connectivity index is 1.86.